The van der Waals surface area contributed by atoms with Gasteiger partial charge in [-0.2, -0.15) is 0 Å². The third-order valence-electron chi connectivity index (χ3n) is 6.67. The van der Waals surface area contributed by atoms with Crippen molar-refractivity contribution in [2.45, 2.75) is 24.0 Å². The summed E-state index contributed by atoms with van der Waals surface area (Å²) in [5.74, 6) is 0.0889. The molecular weight excluding hydrogens is 304 g/mol. The first-order valence-corrected chi connectivity index (χ1v) is 8.55. The van der Waals surface area contributed by atoms with Crippen molar-refractivity contribution in [3.05, 3.63) is 49.1 Å². The Kier molecular flexibility index (Phi) is 2.57. The summed E-state index contributed by atoms with van der Waals surface area (Å²) >= 11 is 0. The molecule has 2 spiro atoms. The van der Waals surface area contributed by atoms with Crippen molar-refractivity contribution < 1.29 is 19.1 Å². The second-order valence-corrected chi connectivity index (χ2v) is 7.67. The summed E-state index contributed by atoms with van der Waals surface area (Å²) in [5.41, 5.74) is -1.43. The van der Waals surface area contributed by atoms with Crippen LogP contribution in [-0.2, 0) is 19.1 Å². The molecule has 2 bridgehead atoms. The zero-order chi connectivity index (χ0) is 16.7. The number of epoxide rings is 2. The Morgan fingerprint density at radius 3 is 2.42 bits per heavy atom. The van der Waals surface area contributed by atoms with Gasteiger partial charge in [0.25, 0.3) is 0 Å². The van der Waals surface area contributed by atoms with Crippen LogP contribution in [0.5, 0.6) is 0 Å². The molecule has 3 fully saturated rings. The van der Waals surface area contributed by atoms with Crippen LogP contribution in [0.4, 0.5) is 0 Å². The Bertz CT molecular complexity index is 750. The Morgan fingerprint density at radius 1 is 1.12 bits per heavy atom. The Hall–Kier alpha value is -1.78. The first kappa shape index (κ1) is 14.6. The maximum atomic E-state index is 13.3. The van der Waals surface area contributed by atoms with Crippen molar-refractivity contribution in [3.63, 3.8) is 0 Å². The van der Waals surface area contributed by atoms with Gasteiger partial charge >= 0.3 is 0 Å². The molecule has 0 aromatic heterocycles. The fraction of sp³-hybridized carbons (Fsp3) is 0.500. The lowest BCUT2D eigenvalue weighted by Crippen LogP contribution is -2.65. The van der Waals surface area contributed by atoms with E-state index in [1.165, 1.54) is 0 Å². The second kappa shape index (κ2) is 4.24. The molecule has 0 N–H and O–H groups in total. The lowest BCUT2D eigenvalue weighted by atomic mass is 9.44. The monoisotopic (exact) mass is 324 g/mol. The van der Waals surface area contributed by atoms with E-state index in [9.17, 15) is 9.59 Å². The average molecular weight is 324 g/mol. The number of rotatable bonds is 4. The summed E-state index contributed by atoms with van der Waals surface area (Å²) in [4.78, 5) is 26.3. The van der Waals surface area contributed by atoms with Crippen LogP contribution in [0.2, 0.25) is 0 Å². The highest BCUT2D eigenvalue weighted by molar-refractivity contribution is 6.07. The van der Waals surface area contributed by atoms with E-state index in [1.54, 1.807) is 12.2 Å². The number of Topliss-reactive ketones (excluding diaryl/α,β-unsaturated/α-hetero) is 2. The molecule has 24 heavy (non-hydrogen) atoms. The molecule has 0 aromatic rings. The third-order valence-corrected chi connectivity index (χ3v) is 6.67. The molecule has 2 aliphatic heterocycles. The molecule has 0 amide bonds. The summed E-state index contributed by atoms with van der Waals surface area (Å²) in [6.45, 7) is 8.53. The number of allylic oxidation sites excluding steroid dienone is 4. The molecule has 6 unspecified atom stereocenters. The average Bonchev–Trinajstić information content (AvgIpc) is 3.47. The van der Waals surface area contributed by atoms with Crippen LogP contribution in [0, 0.1) is 23.2 Å². The molecule has 4 aliphatic carbocycles. The zero-order valence-corrected chi connectivity index (χ0v) is 13.5. The Morgan fingerprint density at radius 2 is 1.83 bits per heavy atom. The van der Waals surface area contributed by atoms with Gasteiger partial charge in [-0.15, -0.1) is 13.2 Å². The van der Waals surface area contributed by atoms with E-state index in [0.717, 1.165) is 5.57 Å². The van der Waals surface area contributed by atoms with Gasteiger partial charge in [0.2, 0.25) is 0 Å². The van der Waals surface area contributed by atoms with E-state index in [4.69, 9.17) is 9.47 Å². The van der Waals surface area contributed by atoms with E-state index in [2.05, 4.69) is 19.2 Å². The van der Waals surface area contributed by atoms with Crippen molar-refractivity contribution >= 4 is 11.6 Å². The highest BCUT2D eigenvalue weighted by atomic mass is 16.6. The number of hydrogen-bond donors (Lipinski definition) is 0. The topological polar surface area (TPSA) is 59.2 Å². The molecule has 4 nitrogen and oxygen atoms in total. The summed E-state index contributed by atoms with van der Waals surface area (Å²) in [6.07, 6.45) is 10.8. The molecule has 124 valence electrons. The smallest absolute Gasteiger partial charge is 0.193 e. The number of ketones is 2. The van der Waals surface area contributed by atoms with Crippen LogP contribution in [0.3, 0.4) is 0 Å². The summed E-state index contributed by atoms with van der Waals surface area (Å²) in [6, 6.07) is 0. The third kappa shape index (κ3) is 1.39. The summed E-state index contributed by atoms with van der Waals surface area (Å²) in [5, 5.41) is 0. The van der Waals surface area contributed by atoms with Gasteiger partial charge in [-0.1, -0.05) is 30.4 Å². The minimum atomic E-state index is -0.765. The molecule has 4 heteroatoms. The highest BCUT2D eigenvalue weighted by Crippen LogP contribution is 2.67. The highest BCUT2D eigenvalue weighted by Gasteiger charge is 2.79. The summed E-state index contributed by atoms with van der Waals surface area (Å²) in [7, 11) is 0. The predicted octanol–water partition coefficient (Wildman–Crippen LogP) is 2.17. The molecule has 0 radical (unpaired) electrons. The maximum Gasteiger partial charge on any atom is 0.193 e. The quantitative estimate of drug-likeness (QED) is 0.587. The van der Waals surface area contributed by atoms with Gasteiger partial charge in [0.05, 0.1) is 18.6 Å². The van der Waals surface area contributed by atoms with Gasteiger partial charge < -0.3 is 9.47 Å². The maximum absolute atomic E-state index is 13.3. The van der Waals surface area contributed by atoms with Crippen molar-refractivity contribution in [1.82, 2.24) is 0 Å². The molecule has 6 rings (SSSR count). The zero-order valence-electron chi connectivity index (χ0n) is 13.5. The Balaban J connectivity index is 1.73. The summed E-state index contributed by atoms with van der Waals surface area (Å²) < 4.78 is 11.5. The van der Waals surface area contributed by atoms with Crippen LogP contribution in [0.25, 0.3) is 0 Å². The lowest BCUT2D eigenvalue weighted by molar-refractivity contribution is -0.151. The second-order valence-electron chi connectivity index (χ2n) is 7.67. The van der Waals surface area contributed by atoms with E-state index >= 15 is 0 Å². The fourth-order valence-corrected chi connectivity index (χ4v) is 5.47. The van der Waals surface area contributed by atoms with E-state index < -0.39 is 16.6 Å². The van der Waals surface area contributed by atoms with Crippen LogP contribution >= 0.6 is 0 Å². The van der Waals surface area contributed by atoms with Crippen LogP contribution in [0.1, 0.15) is 12.8 Å². The lowest BCUT2D eigenvalue weighted by Gasteiger charge is -2.56. The standard InChI is InChI=1S/C20H20O4/c1-3-5-12-9-14-15(20(11-24-20)16(12)21)13-6-8-18(14,7-4-2)17(22)19(13)10-23-19/h3-4,6,8-9,13-15H,1-2,5,7,10-11H2. The van der Waals surface area contributed by atoms with Crippen molar-refractivity contribution in [3.8, 4) is 0 Å². The normalized spacial score (nSPS) is 50.0. The van der Waals surface area contributed by atoms with Gasteiger partial charge in [-0.05, 0) is 18.4 Å². The number of carbonyl (C=O) groups is 2. The first-order chi connectivity index (χ1) is 11.6. The first-order valence-electron chi connectivity index (χ1n) is 8.55. The molecule has 2 saturated heterocycles. The van der Waals surface area contributed by atoms with E-state index in [1.807, 2.05) is 12.2 Å². The SMILES string of the molecule is C=CCC1=CC2C(C3C=CC2(CC=C)C(=O)C32CO2)C2(CO2)C1=O. The van der Waals surface area contributed by atoms with Crippen molar-refractivity contribution in [2.24, 2.45) is 23.2 Å². The molecule has 2 heterocycles. The molecule has 0 aromatic carbocycles. The van der Waals surface area contributed by atoms with Crippen molar-refractivity contribution in [2.75, 3.05) is 13.2 Å². The van der Waals surface area contributed by atoms with Crippen molar-refractivity contribution in [1.29, 1.82) is 0 Å². The van der Waals surface area contributed by atoms with Gasteiger partial charge in [0.15, 0.2) is 22.8 Å². The predicted molar refractivity (Wildman–Crippen MR) is 87.1 cm³/mol. The van der Waals surface area contributed by atoms with Crippen LogP contribution in [-0.4, -0.2) is 36.0 Å². The number of ether oxygens (including phenoxy) is 2. The largest absolute Gasteiger partial charge is 0.361 e. The molecule has 6 atom stereocenters. The molecular formula is C20H20O4. The van der Waals surface area contributed by atoms with Gasteiger partial charge in [-0.25, -0.2) is 0 Å². The van der Waals surface area contributed by atoms with Gasteiger partial charge in [0.1, 0.15) is 0 Å². The minimum absolute atomic E-state index is 0.0243. The van der Waals surface area contributed by atoms with Gasteiger partial charge in [-0.3, -0.25) is 9.59 Å². The van der Waals surface area contributed by atoms with E-state index in [0.29, 0.717) is 26.1 Å². The van der Waals surface area contributed by atoms with Crippen LogP contribution in [0.15, 0.2) is 49.1 Å². The van der Waals surface area contributed by atoms with Gasteiger partial charge in [0, 0.05) is 17.8 Å². The molecule has 6 aliphatic rings. The van der Waals surface area contributed by atoms with E-state index in [-0.39, 0.29) is 29.3 Å². The fourth-order valence-electron chi connectivity index (χ4n) is 5.47. The minimum Gasteiger partial charge on any atom is -0.361 e. The number of carbonyl (C=O) groups excluding carboxylic acids is 2. The Labute approximate surface area is 140 Å². The van der Waals surface area contributed by atoms with Crippen LogP contribution < -0.4 is 0 Å². The number of hydrogen-bond acceptors (Lipinski definition) is 4. The molecule has 1 saturated carbocycles.